The fraction of sp³-hybridized carbons (Fsp3) is 0. The van der Waals surface area contributed by atoms with Crippen molar-refractivity contribution in [2.45, 2.75) is 0 Å². The molecule has 0 spiro atoms. The van der Waals surface area contributed by atoms with Gasteiger partial charge in [-0.3, -0.25) is 0 Å². The molecule has 0 N–H and O–H groups in total. The Bertz CT molecular complexity index is 2870. The van der Waals surface area contributed by atoms with E-state index in [1.807, 2.05) is 78.9 Å². The van der Waals surface area contributed by atoms with Crippen LogP contribution >= 0.6 is 0 Å². The van der Waals surface area contributed by atoms with Crippen molar-refractivity contribution in [3.8, 4) is 33.4 Å². The lowest BCUT2D eigenvalue weighted by Gasteiger charge is -2.19. The minimum atomic E-state index is -0.422. The first-order valence-corrected chi connectivity index (χ1v) is 14.1. The van der Waals surface area contributed by atoms with Gasteiger partial charge in [-0.15, -0.1) is 0 Å². The van der Waals surface area contributed by atoms with Gasteiger partial charge in [0, 0.05) is 10.8 Å². The molecule has 8 aromatic carbocycles. The Kier molecular flexibility index (Phi) is 3.80. The highest BCUT2D eigenvalue weighted by Crippen LogP contribution is 2.46. The molecule has 0 unspecified atom stereocenters. The molecule has 9 aromatic rings. The second kappa shape index (κ2) is 9.44. The SMILES string of the molecule is [2H]c1c([2H])c([2H])c2c(-c3ccc(-c4ccc5oc6ccccc6c5c4)c4ccccc34)c3c([2H])c([2H])c([2H])c([2H])c3c(-c3ccccc3)c2c1[2H]. The largest absolute Gasteiger partial charge is 0.456 e. The molecule has 1 nitrogen and oxygen atoms in total. The standard InChI is InChI=1S/C42H26O/c1-2-12-27(13-3-1)41-33-17-6-8-19-35(33)42(36-20-9-7-18-34(36)41)37-24-23-29(30-14-4-5-15-31(30)37)28-22-25-40-38(26-28)32-16-10-11-21-39(32)43-40/h1-26H/i6D,7D,8D,9D,17D,18D,19D,20D. The van der Waals surface area contributed by atoms with E-state index in [9.17, 15) is 5.48 Å². The Hall–Kier alpha value is -5.66. The first kappa shape index (κ1) is 17.3. The van der Waals surface area contributed by atoms with E-state index in [1.165, 1.54) is 0 Å². The maximum atomic E-state index is 9.29. The monoisotopic (exact) mass is 554 g/mol. The summed E-state index contributed by atoms with van der Waals surface area (Å²) in [5.41, 5.74) is 5.31. The molecule has 0 saturated heterocycles. The van der Waals surface area contributed by atoms with E-state index < -0.39 is 24.2 Å². The Balaban J connectivity index is 1.46. The molecule has 0 aliphatic carbocycles. The molecule has 9 rings (SSSR count). The van der Waals surface area contributed by atoms with E-state index in [2.05, 4.69) is 6.07 Å². The summed E-state index contributed by atoms with van der Waals surface area (Å²) in [7, 11) is 0. The molecule has 0 radical (unpaired) electrons. The van der Waals surface area contributed by atoms with Gasteiger partial charge in [-0.25, -0.2) is 0 Å². The predicted octanol–water partition coefficient (Wildman–Crippen LogP) is 12.0. The first-order valence-electron chi connectivity index (χ1n) is 18.1. The highest BCUT2D eigenvalue weighted by atomic mass is 16.3. The summed E-state index contributed by atoms with van der Waals surface area (Å²) in [5, 5.41) is 4.42. The number of furan rings is 1. The Morgan fingerprint density at radius 1 is 0.372 bits per heavy atom. The highest BCUT2D eigenvalue weighted by Gasteiger charge is 2.19. The van der Waals surface area contributed by atoms with E-state index in [0.717, 1.165) is 43.8 Å². The normalized spacial score (nSPS) is 14.3. The summed E-state index contributed by atoms with van der Waals surface area (Å²) < 4.78 is 77.9. The summed E-state index contributed by atoms with van der Waals surface area (Å²) in [6, 6.07) is 31.9. The van der Waals surface area contributed by atoms with Crippen LogP contribution in [0.4, 0.5) is 0 Å². The number of hydrogen-bond donors (Lipinski definition) is 0. The second-order valence-corrected chi connectivity index (χ2v) is 10.6. The van der Waals surface area contributed by atoms with Crippen LogP contribution < -0.4 is 0 Å². The van der Waals surface area contributed by atoms with Crippen LogP contribution in [0.1, 0.15) is 11.0 Å². The van der Waals surface area contributed by atoms with Gasteiger partial charge < -0.3 is 4.42 Å². The summed E-state index contributed by atoms with van der Waals surface area (Å²) in [6.07, 6.45) is 0. The van der Waals surface area contributed by atoms with E-state index >= 15 is 0 Å². The molecule has 0 aliphatic heterocycles. The molecule has 1 aromatic heterocycles. The van der Waals surface area contributed by atoms with E-state index in [-0.39, 0.29) is 45.7 Å². The number of rotatable bonds is 3. The summed E-state index contributed by atoms with van der Waals surface area (Å²) >= 11 is 0. The zero-order valence-corrected chi connectivity index (χ0v) is 22.8. The third kappa shape index (κ3) is 3.65. The Morgan fingerprint density at radius 2 is 0.907 bits per heavy atom. The number of fused-ring (bicyclic) bond motifs is 6. The van der Waals surface area contributed by atoms with Gasteiger partial charge in [0.25, 0.3) is 0 Å². The second-order valence-electron chi connectivity index (χ2n) is 10.6. The maximum Gasteiger partial charge on any atom is 0.135 e. The summed E-state index contributed by atoms with van der Waals surface area (Å²) in [5.74, 6) is 0. The molecule has 0 fully saturated rings. The maximum absolute atomic E-state index is 9.29. The van der Waals surface area contributed by atoms with Crippen LogP contribution in [0.3, 0.4) is 0 Å². The van der Waals surface area contributed by atoms with Gasteiger partial charge in [-0.1, -0.05) is 139 Å². The third-order valence-electron chi connectivity index (χ3n) is 8.32. The molecule has 1 heteroatoms. The van der Waals surface area contributed by atoms with Gasteiger partial charge in [0.2, 0.25) is 0 Å². The number of para-hydroxylation sites is 1. The predicted molar refractivity (Wildman–Crippen MR) is 183 cm³/mol. The molecule has 0 saturated carbocycles. The van der Waals surface area contributed by atoms with Crippen LogP contribution in [0.25, 0.3) is 87.6 Å². The molecular weight excluding hydrogens is 520 g/mol. The first-order chi connectivity index (χ1) is 24.7. The molecule has 1 heterocycles. The lowest BCUT2D eigenvalue weighted by atomic mass is 9.84. The van der Waals surface area contributed by atoms with Crippen molar-refractivity contribution >= 4 is 54.3 Å². The van der Waals surface area contributed by atoms with Crippen molar-refractivity contribution in [1.29, 1.82) is 0 Å². The third-order valence-corrected chi connectivity index (χ3v) is 8.32. The van der Waals surface area contributed by atoms with Crippen LogP contribution in [0.2, 0.25) is 0 Å². The van der Waals surface area contributed by atoms with Crippen molar-refractivity contribution in [3.05, 3.63) is 158 Å². The fourth-order valence-corrected chi connectivity index (χ4v) is 6.45. The summed E-state index contributed by atoms with van der Waals surface area (Å²) in [4.78, 5) is 0. The van der Waals surface area contributed by atoms with Gasteiger partial charge in [0.15, 0.2) is 0 Å². The van der Waals surface area contributed by atoms with Crippen molar-refractivity contribution in [2.24, 2.45) is 0 Å². The highest BCUT2D eigenvalue weighted by molar-refractivity contribution is 6.24. The summed E-state index contributed by atoms with van der Waals surface area (Å²) in [6.45, 7) is 0. The Labute approximate surface area is 260 Å². The minimum absolute atomic E-state index is 0.196. The van der Waals surface area contributed by atoms with Crippen LogP contribution in [0, 0.1) is 0 Å². The van der Waals surface area contributed by atoms with Crippen LogP contribution in [0.5, 0.6) is 0 Å². The average Bonchev–Trinajstić information content (AvgIpc) is 3.54. The van der Waals surface area contributed by atoms with Gasteiger partial charge in [0.1, 0.15) is 11.2 Å². The average molecular weight is 555 g/mol. The molecule has 0 bridgehead atoms. The van der Waals surface area contributed by atoms with Gasteiger partial charge >= 0.3 is 0 Å². The smallest absolute Gasteiger partial charge is 0.135 e. The van der Waals surface area contributed by atoms with Crippen molar-refractivity contribution in [1.82, 2.24) is 0 Å². The zero-order valence-electron chi connectivity index (χ0n) is 30.8. The van der Waals surface area contributed by atoms with Gasteiger partial charge in [-0.2, -0.15) is 0 Å². The molecule has 0 atom stereocenters. The van der Waals surface area contributed by atoms with Gasteiger partial charge in [0.05, 0.1) is 11.0 Å². The quantitative estimate of drug-likeness (QED) is 0.198. The topological polar surface area (TPSA) is 13.1 Å². The molecule has 200 valence electrons. The lowest BCUT2D eigenvalue weighted by molar-refractivity contribution is 0.669. The molecular formula is C42H26O. The van der Waals surface area contributed by atoms with Crippen LogP contribution in [0.15, 0.2) is 162 Å². The van der Waals surface area contributed by atoms with Crippen molar-refractivity contribution < 1.29 is 15.4 Å². The van der Waals surface area contributed by atoms with Crippen LogP contribution in [-0.2, 0) is 0 Å². The number of benzene rings is 8. The van der Waals surface area contributed by atoms with Crippen LogP contribution in [-0.4, -0.2) is 0 Å². The van der Waals surface area contributed by atoms with Crippen molar-refractivity contribution in [2.75, 3.05) is 0 Å². The molecule has 0 aliphatic rings. The molecule has 0 amide bonds. The lowest BCUT2D eigenvalue weighted by Crippen LogP contribution is -1.92. The zero-order chi connectivity index (χ0) is 35.3. The Morgan fingerprint density at radius 3 is 1.60 bits per heavy atom. The van der Waals surface area contributed by atoms with E-state index in [0.29, 0.717) is 22.3 Å². The number of hydrogen-bond acceptors (Lipinski definition) is 1. The van der Waals surface area contributed by atoms with E-state index in [1.54, 1.807) is 24.3 Å². The van der Waals surface area contributed by atoms with E-state index in [4.69, 9.17) is 9.90 Å². The van der Waals surface area contributed by atoms with Crippen molar-refractivity contribution in [3.63, 3.8) is 0 Å². The van der Waals surface area contributed by atoms with Gasteiger partial charge in [-0.05, 0) is 83.9 Å². The molecule has 43 heavy (non-hydrogen) atoms. The minimum Gasteiger partial charge on any atom is -0.456 e. The fourth-order valence-electron chi connectivity index (χ4n) is 6.45.